The number of hydrazone groups is 1. The minimum atomic E-state index is -0.566. The molecule has 2 rings (SSSR count). The molecule has 0 aliphatic carbocycles. The van der Waals surface area contributed by atoms with E-state index in [0.29, 0.717) is 5.56 Å². The van der Waals surface area contributed by atoms with E-state index in [1.165, 1.54) is 14.2 Å². The Morgan fingerprint density at radius 2 is 1.73 bits per heavy atom. The maximum atomic E-state index is 12.0. The normalized spacial score (nSPS) is 12.1. The number of hydrogen-bond acceptors (Lipinski definition) is 6. The van der Waals surface area contributed by atoms with Crippen LogP contribution in [0.1, 0.15) is 18.1 Å². The molecule has 2 aromatic rings. The number of allylic oxidation sites excluding steroid dienone is 1. The molecule has 0 aliphatic heterocycles. The lowest BCUT2D eigenvalue weighted by Gasteiger charge is -2.07. The van der Waals surface area contributed by atoms with Crippen LogP contribution < -0.4 is 5.43 Å². The molecule has 0 amide bonds. The van der Waals surface area contributed by atoms with Crippen LogP contribution in [-0.2, 0) is 14.4 Å². The molecule has 0 saturated carbocycles. The van der Waals surface area contributed by atoms with Gasteiger partial charge in [0.15, 0.2) is 5.71 Å². The number of benzene rings is 2. The van der Waals surface area contributed by atoms with Gasteiger partial charge in [-0.25, -0.2) is 4.79 Å². The van der Waals surface area contributed by atoms with Gasteiger partial charge in [0.2, 0.25) is 0 Å². The van der Waals surface area contributed by atoms with Crippen LogP contribution in [0.5, 0.6) is 0 Å². The van der Waals surface area contributed by atoms with Crippen LogP contribution in [-0.4, -0.2) is 31.6 Å². The molecular weight excluding hydrogens is 330 g/mol. The molecule has 0 saturated heterocycles. The average molecular weight is 351 g/mol. The van der Waals surface area contributed by atoms with Crippen LogP contribution in [0, 0.1) is 0 Å². The Hall–Kier alpha value is -3.41. The number of para-hydroxylation sites is 1. The van der Waals surface area contributed by atoms with Crippen molar-refractivity contribution in [3.05, 3.63) is 71.8 Å². The van der Waals surface area contributed by atoms with Crippen molar-refractivity contribution in [1.82, 2.24) is 0 Å². The lowest BCUT2D eigenvalue weighted by Crippen LogP contribution is -2.18. The molecule has 6 nitrogen and oxygen atoms in total. The number of nitrogens with one attached hydrogen (secondary N) is 1. The second-order valence-electron chi connectivity index (χ2n) is 5.27. The minimum absolute atomic E-state index is 0.104. The average Bonchev–Trinajstić information content (AvgIpc) is 2.69. The lowest BCUT2D eigenvalue weighted by molar-refractivity contribution is -0.132. The first-order chi connectivity index (χ1) is 12.7. The van der Waals surface area contributed by atoms with Gasteiger partial charge in [-0.2, -0.15) is 5.10 Å². The van der Waals surface area contributed by atoms with E-state index in [1.807, 2.05) is 67.6 Å². The smallest absolute Gasteiger partial charge is 0.360 e. The molecule has 6 heteroatoms. The second-order valence-corrected chi connectivity index (χ2v) is 5.27. The Morgan fingerprint density at radius 3 is 2.42 bits per heavy atom. The fourth-order valence-electron chi connectivity index (χ4n) is 2.16. The van der Waals surface area contributed by atoms with E-state index < -0.39 is 5.97 Å². The molecule has 0 spiro atoms. The zero-order chi connectivity index (χ0) is 18.8. The van der Waals surface area contributed by atoms with Gasteiger partial charge in [0.1, 0.15) is 7.11 Å². The standard InChI is InChI=1S/C20H21N3O3/c1-15(21-22-17-10-5-4-6-11-17)13-14-16-9-7-8-12-18(16)19(23-26-3)20(24)25-2/h4-14,22H,1-3H3/b14-13?,21-15+,23-19?. The number of ether oxygens (including phenoxy) is 1. The molecule has 0 unspecified atom stereocenters. The summed E-state index contributed by atoms with van der Waals surface area (Å²) in [5, 5.41) is 8.10. The molecule has 26 heavy (non-hydrogen) atoms. The SMILES string of the molecule is CON=C(C(=O)OC)c1ccccc1C=C/C(C)=N/Nc1ccccc1. The van der Waals surface area contributed by atoms with Crippen LogP contribution in [0.2, 0.25) is 0 Å². The highest BCUT2D eigenvalue weighted by Gasteiger charge is 2.17. The summed E-state index contributed by atoms with van der Waals surface area (Å²) in [5.41, 5.74) is 6.17. The predicted molar refractivity (Wildman–Crippen MR) is 104 cm³/mol. The van der Waals surface area contributed by atoms with E-state index >= 15 is 0 Å². The topological polar surface area (TPSA) is 72.3 Å². The molecule has 134 valence electrons. The summed E-state index contributed by atoms with van der Waals surface area (Å²) in [6, 6.07) is 17.0. The number of esters is 1. The van der Waals surface area contributed by atoms with Crippen molar-refractivity contribution in [3.8, 4) is 0 Å². The number of hydrogen-bond donors (Lipinski definition) is 1. The highest BCUT2D eigenvalue weighted by molar-refractivity contribution is 6.43. The van der Waals surface area contributed by atoms with Gasteiger partial charge in [0.05, 0.1) is 18.5 Å². The zero-order valence-corrected chi connectivity index (χ0v) is 15.0. The van der Waals surface area contributed by atoms with E-state index in [1.54, 1.807) is 6.07 Å². The quantitative estimate of drug-likeness (QED) is 0.469. The van der Waals surface area contributed by atoms with Crippen molar-refractivity contribution >= 4 is 29.2 Å². The molecule has 0 aromatic heterocycles. The molecule has 2 aromatic carbocycles. The highest BCUT2D eigenvalue weighted by atomic mass is 16.6. The van der Waals surface area contributed by atoms with E-state index in [9.17, 15) is 4.79 Å². The van der Waals surface area contributed by atoms with Crippen molar-refractivity contribution in [2.45, 2.75) is 6.92 Å². The second kappa shape index (κ2) is 9.78. The largest absolute Gasteiger partial charge is 0.464 e. The molecule has 0 radical (unpaired) electrons. The summed E-state index contributed by atoms with van der Waals surface area (Å²) in [4.78, 5) is 16.7. The Bertz CT molecular complexity index is 827. The van der Waals surface area contributed by atoms with Gasteiger partial charge in [0.25, 0.3) is 0 Å². The molecule has 0 bridgehead atoms. The van der Waals surface area contributed by atoms with Crippen LogP contribution in [0.15, 0.2) is 70.9 Å². The highest BCUT2D eigenvalue weighted by Crippen LogP contribution is 2.14. The summed E-state index contributed by atoms with van der Waals surface area (Å²) in [5.74, 6) is -0.566. The molecule has 1 N–H and O–H groups in total. The number of carbonyl (C=O) groups excluding carboxylic acids is 1. The number of rotatable bonds is 7. The maximum Gasteiger partial charge on any atom is 0.360 e. The fourth-order valence-corrected chi connectivity index (χ4v) is 2.16. The predicted octanol–water partition coefficient (Wildman–Crippen LogP) is 3.71. The van der Waals surface area contributed by atoms with Crippen molar-refractivity contribution in [2.24, 2.45) is 10.3 Å². The van der Waals surface area contributed by atoms with E-state index in [-0.39, 0.29) is 5.71 Å². The summed E-state index contributed by atoms with van der Waals surface area (Å²) in [6.07, 6.45) is 3.70. The van der Waals surface area contributed by atoms with Gasteiger partial charge in [-0.1, -0.05) is 53.7 Å². The van der Waals surface area contributed by atoms with E-state index in [4.69, 9.17) is 9.57 Å². The maximum absolute atomic E-state index is 12.0. The number of carbonyl (C=O) groups is 1. The van der Waals surface area contributed by atoms with Crippen LogP contribution >= 0.6 is 0 Å². The van der Waals surface area contributed by atoms with Gasteiger partial charge < -0.3 is 9.57 Å². The van der Waals surface area contributed by atoms with E-state index in [2.05, 4.69) is 15.7 Å². The van der Waals surface area contributed by atoms with E-state index in [0.717, 1.165) is 17.0 Å². The van der Waals surface area contributed by atoms with Crippen molar-refractivity contribution in [2.75, 3.05) is 19.6 Å². The monoisotopic (exact) mass is 351 g/mol. The van der Waals surface area contributed by atoms with Crippen molar-refractivity contribution in [3.63, 3.8) is 0 Å². The number of nitrogens with zero attached hydrogens (tertiary/aromatic N) is 2. The van der Waals surface area contributed by atoms with Crippen molar-refractivity contribution in [1.29, 1.82) is 0 Å². The lowest BCUT2D eigenvalue weighted by atomic mass is 10.0. The van der Waals surface area contributed by atoms with Crippen LogP contribution in [0.4, 0.5) is 5.69 Å². The number of methoxy groups -OCH3 is 1. The Kier molecular flexibility index (Phi) is 7.12. The summed E-state index contributed by atoms with van der Waals surface area (Å²) < 4.78 is 4.78. The first-order valence-corrected chi connectivity index (χ1v) is 7.98. The van der Waals surface area contributed by atoms with Gasteiger partial charge in [-0.15, -0.1) is 0 Å². The first-order valence-electron chi connectivity index (χ1n) is 7.98. The number of anilines is 1. The number of oxime groups is 1. The molecule has 0 fully saturated rings. The summed E-state index contributed by atoms with van der Waals surface area (Å²) >= 11 is 0. The van der Waals surface area contributed by atoms with Gasteiger partial charge in [-0.05, 0) is 30.7 Å². The third-order valence-electron chi connectivity index (χ3n) is 3.42. The summed E-state index contributed by atoms with van der Waals surface area (Å²) in [6.45, 7) is 1.87. The molecule has 0 atom stereocenters. The van der Waals surface area contributed by atoms with Gasteiger partial charge in [0, 0.05) is 5.56 Å². The Morgan fingerprint density at radius 1 is 1.04 bits per heavy atom. The van der Waals surface area contributed by atoms with Gasteiger partial charge >= 0.3 is 5.97 Å². The minimum Gasteiger partial charge on any atom is -0.464 e. The molecule has 0 aliphatic rings. The third-order valence-corrected chi connectivity index (χ3v) is 3.42. The summed E-state index contributed by atoms with van der Waals surface area (Å²) in [7, 11) is 2.69. The van der Waals surface area contributed by atoms with Gasteiger partial charge in [-0.3, -0.25) is 5.43 Å². The Labute approximate surface area is 152 Å². The van der Waals surface area contributed by atoms with Crippen LogP contribution in [0.3, 0.4) is 0 Å². The first kappa shape index (κ1) is 18.9. The fraction of sp³-hybridized carbons (Fsp3) is 0.150. The molecule has 0 heterocycles. The zero-order valence-electron chi connectivity index (χ0n) is 15.0. The van der Waals surface area contributed by atoms with Crippen LogP contribution in [0.25, 0.3) is 6.08 Å². The molecular formula is C20H21N3O3. The van der Waals surface area contributed by atoms with Crippen molar-refractivity contribution < 1.29 is 14.4 Å². The Balaban J connectivity index is 2.22. The third kappa shape index (κ3) is 5.31.